The van der Waals surface area contributed by atoms with Gasteiger partial charge in [-0.15, -0.1) is 0 Å². The van der Waals surface area contributed by atoms with Gasteiger partial charge in [0.2, 0.25) is 5.91 Å². The molecule has 1 amide bonds. The lowest BCUT2D eigenvalue weighted by Crippen LogP contribution is -2.36. The minimum atomic E-state index is -0.106. The number of ether oxygens (including phenoxy) is 1. The number of amides is 1. The van der Waals surface area contributed by atoms with E-state index in [9.17, 15) is 4.79 Å². The van der Waals surface area contributed by atoms with Gasteiger partial charge in [0.15, 0.2) is 5.11 Å². The van der Waals surface area contributed by atoms with Crippen LogP contribution in [-0.4, -0.2) is 17.6 Å². The van der Waals surface area contributed by atoms with Gasteiger partial charge in [-0.3, -0.25) is 4.79 Å². The topological polar surface area (TPSA) is 50.4 Å². The zero-order valence-corrected chi connectivity index (χ0v) is 13.0. The molecule has 1 aromatic rings. The molecule has 0 aliphatic heterocycles. The highest BCUT2D eigenvalue weighted by Crippen LogP contribution is 2.23. The van der Waals surface area contributed by atoms with Crippen LogP contribution in [0.15, 0.2) is 24.3 Å². The smallest absolute Gasteiger partial charge is 0.228 e. The second-order valence-corrected chi connectivity index (χ2v) is 5.20. The number of carbonyl (C=O) groups excluding carboxylic acids is 1. The van der Waals surface area contributed by atoms with Gasteiger partial charge in [-0.1, -0.05) is 39.3 Å². The Hall–Kier alpha value is -1.62. The molecule has 20 heavy (non-hydrogen) atoms. The van der Waals surface area contributed by atoms with Crippen LogP contribution in [0.2, 0.25) is 0 Å². The van der Waals surface area contributed by atoms with Crippen molar-refractivity contribution in [2.45, 2.75) is 33.6 Å². The van der Waals surface area contributed by atoms with Crippen LogP contribution < -0.4 is 15.4 Å². The van der Waals surface area contributed by atoms with Crippen LogP contribution in [-0.2, 0) is 4.79 Å². The largest absolute Gasteiger partial charge is 0.491 e. The van der Waals surface area contributed by atoms with Crippen LogP contribution in [0.25, 0.3) is 0 Å². The number of para-hydroxylation sites is 2. The standard InChI is InChI=1S/C15H22N2O2S/c1-4-5-10-19-13-9-7-6-8-12(13)16-15(20)17-14(18)11(2)3/h6-9,11H,4-5,10H2,1-3H3,(H2,16,17,18,20). The van der Waals surface area contributed by atoms with Crippen LogP contribution in [0, 0.1) is 5.92 Å². The van der Waals surface area contributed by atoms with E-state index >= 15 is 0 Å². The van der Waals surface area contributed by atoms with Crippen molar-refractivity contribution in [3.05, 3.63) is 24.3 Å². The molecule has 0 bridgehead atoms. The van der Waals surface area contributed by atoms with E-state index in [1.54, 1.807) is 0 Å². The Kier molecular flexibility index (Phi) is 7.01. The molecule has 0 unspecified atom stereocenters. The zero-order chi connectivity index (χ0) is 15.0. The molecule has 1 rings (SSSR count). The van der Waals surface area contributed by atoms with Gasteiger partial charge in [0.25, 0.3) is 0 Å². The summed E-state index contributed by atoms with van der Waals surface area (Å²) < 4.78 is 5.70. The highest BCUT2D eigenvalue weighted by molar-refractivity contribution is 7.80. The number of hydrogen-bond acceptors (Lipinski definition) is 3. The lowest BCUT2D eigenvalue weighted by atomic mass is 10.2. The molecular weight excluding hydrogens is 272 g/mol. The van der Waals surface area contributed by atoms with Crippen molar-refractivity contribution in [2.75, 3.05) is 11.9 Å². The van der Waals surface area contributed by atoms with Gasteiger partial charge < -0.3 is 15.4 Å². The number of carbonyl (C=O) groups is 1. The van der Waals surface area contributed by atoms with Gasteiger partial charge in [-0.25, -0.2) is 0 Å². The SMILES string of the molecule is CCCCOc1ccccc1NC(=S)NC(=O)C(C)C. The van der Waals surface area contributed by atoms with E-state index < -0.39 is 0 Å². The number of unbranched alkanes of at least 4 members (excludes halogenated alkanes) is 1. The minimum absolute atomic E-state index is 0.105. The van der Waals surface area contributed by atoms with Crippen LogP contribution in [0.3, 0.4) is 0 Å². The Labute approximate surface area is 125 Å². The van der Waals surface area contributed by atoms with Crippen molar-refractivity contribution in [1.29, 1.82) is 0 Å². The molecule has 0 saturated carbocycles. The Balaban J connectivity index is 2.62. The van der Waals surface area contributed by atoms with Crippen LogP contribution in [0.4, 0.5) is 5.69 Å². The second kappa shape index (κ2) is 8.53. The van der Waals surface area contributed by atoms with E-state index in [4.69, 9.17) is 17.0 Å². The Morgan fingerprint density at radius 3 is 2.70 bits per heavy atom. The van der Waals surface area contributed by atoms with Gasteiger partial charge in [-0.05, 0) is 30.8 Å². The van der Waals surface area contributed by atoms with Gasteiger partial charge in [0, 0.05) is 5.92 Å². The monoisotopic (exact) mass is 294 g/mol. The minimum Gasteiger partial charge on any atom is -0.491 e. The maximum absolute atomic E-state index is 11.6. The number of anilines is 1. The average Bonchev–Trinajstić information content (AvgIpc) is 2.40. The third-order valence-electron chi connectivity index (χ3n) is 2.65. The lowest BCUT2D eigenvalue weighted by Gasteiger charge is -2.14. The van der Waals surface area contributed by atoms with E-state index in [2.05, 4.69) is 17.6 Å². The van der Waals surface area contributed by atoms with Crippen molar-refractivity contribution in [1.82, 2.24) is 5.32 Å². The van der Waals surface area contributed by atoms with Crippen LogP contribution in [0.1, 0.15) is 33.6 Å². The van der Waals surface area contributed by atoms with Crippen molar-refractivity contribution in [2.24, 2.45) is 5.92 Å². The third-order valence-corrected chi connectivity index (χ3v) is 2.86. The fourth-order valence-electron chi connectivity index (χ4n) is 1.43. The molecule has 5 heteroatoms. The van der Waals surface area contributed by atoms with Crippen molar-refractivity contribution < 1.29 is 9.53 Å². The third kappa shape index (κ3) is 5.57. The molecule has 0 heterocycles. The van der Waals surface area contributed by atoms with E-state index in [1.807, 2.05) is 38.1 Å². The van der Waals surface area contributed by atoms with Crippen molar-refractivity contribution >= 4 is 28.9 Å². The number of benzene rings is 1. The quantitative estimate of drug-likeness (QED) is 0.624. The summed E-state index contributed by atoms with van der Waals surface area (Å²) in [4.78, 5) is 11.6. The molecule has 0 aromatic heterocycles. The fourth-order valence-corrected chi connectivity index (χ4v) is 1.64. The van der Waals surface area contributed by atoms with Crippen molar-refractivity contribution in [3.63, 3.8) is 0 Å². The van der Waals surface area contributed by atoms with E-state index in [0.29, 0.717) is 6.61 Å². The highest BCUT2D eigenvalue weighted by atomic mass is 32.1. The summed E-state index contributed by atoms with van der Waals surface area (Å²) in [6, 6.07) is 7.55. The fraction of sp³-hybridized carbons (Fsp3) is 0.467. The molecule has 0 fully saturated rings. The number of nitrogens with one attached hydrogen (secondary N) is 2. The Morgan fingerprint density at radius 2 is 2.05 bits per heavy atom. The van der Waals surface area contributed by atoms with E-state index in [1.165, 1.54) is 0 Å². The number of rotatable bonds is 6. The van der Waals surface area contributed by atoms with Crippen molar-refractivity contribution in [3.8, 4) is 5.75 Å². The Bertz CT molecular complexity index is 461. The first-order valence-corrected chi connectivity index (χ1v) is 7.29. The van der Waals surface area contributed by atoms with Gasteiger partial charge in [0.1, 0.15) is 5.75 Å². The molecule has 4 nitrogen and oxygen atoms in total. The summed E-state index contributed by atoms with van der Waals surface area (Å²) in [6.45, 7) is 6.42. The first kappa shape index (κ1) is 16.4. The lowest BCUT2D eigenvalue weighted by molar-refractivity contribution is -0.122. The second-order valence-electron chi connectivity index (χ2n) is 4.80. The number of thiocarbonyl (C=S) groups is 1. The summed E-state index contributed by atoms with van der Waals surface area (Å²) in [5.74, 6) is 0.528. The predicted molar refractivity (Wildman–Crippen MR) is 86.0 cm³/mol. The molecule has 0 spiro atoms. The van der Waals surface area contributed by atoms with Gasteiger partial charge in [-0.2, -0.15) is 0 Å². The average molecular weight is 294 g/mol. The summed E-state index contributed by atoms with van der Waals surface area (Å²) in [6.07, 6.45) is 2.08. The summed E-state index contributed by atoms with van der Waals surface area (Å²) in [7, 11) is 0. The zero-order valence-electron chi connectivity index (χ0n) is 12.2. The van der Waals surface area contributed by atoms with Gasteiger partial charge in [0.05, 0.1) is 12.3 Å². The first-order chi connectivity index (χ1) is 9.54. The molecule has 0 atom stereocenters. The first-order valence-electron chi connectivity index (χ1n) is 6.88. The molecule has 0 radical (unpaired) electrons. The van der Waals surface area contributed by atoms with E-state index in [0.717, 1.165) is 24.3 Å². The van der Waals surface area contributed by atoms with E-state index in [-0.39, 0.29) is 16.9 Å². The van der Waals surface area contributed by atoms with Gasteiger partial charge >= 0.3 is 0 Å². The summed E-state index contributed by atoms with van der Waals surface area (Å²) in [5.41, 5.74) is 0.762. The predicted octanol–water partition coefficient (Wildman–Crippen LogP) is 3.33. The summed E-state index contributed by atoms with van der Waals surface area (Å²) in [5, 5.41) is 5.93. The number of hydrogen-bond donors (Lipinski definition) is 2. The van der Waals surface area contributed by atoms with Crippen LogP contribution >= 0.6 is 12.2 Å². The molecule has 1 aromatic carbocycles. The summed E-state index contributed by atoms with van der Waals surface area (Å²) >= 11 is 5.13. The molecule has 0 aliphatic carbocycles. The molecule has 0 aliphatic rings. The molecular formula is C15H22N2O2S. The molecule has 0 saturated heterocycles. The maximum atomic E-state index is 11.6. The highest BCUT2D eigenvalue weighted by Gasteiger charge is 2.10. The van der Waals surface area contributed by atoms with Crippen LogP contribution in [0.5, 0.6) is 5.75 Å². The maximum Gasteiger partial charge on any atom is 0.228 e. The molecule has 110 valence electrons. The normalized spacial score (nSPS) is 10.2. The Morgan fingerprint density at radius 1 is 1.35 bits per heavy atom. The molecule has 2 N–H and O–H groups in total.